The molecular weight excluding hydrogens is 198 g/mol. The minimum absolute atomic E-state index is 0.101. The van der Waals surface area contributed by atoms with Gasteiger partial charge in [0.1, 0.15) is 0 Å². The van der Waals surface area contributed by atoms with Crippen LogP contribution >= 0.6 is 0 Å². The van der Waals surface area contributed by atoms with Crippen molar-refractivity contribution in [1.82, 2.24) is 5.32 Å². The second kappa shape index (κ2) is 5.15. The van der Waals surface area contributed by atoms with Gasteiger partial charge in [0.25, 0.3) is 0 Å². The third kappa shape index (κ3) is 2.63. The van der Waals surface area contributed by atoms with Crippen LogP contribution in [-0.2, 0) is 4.79 Å². The molecule has 2 rings (SSSR count). The molecule has 0 bridgehead atoms. The fourth-order valence-corrected chi connectivity index (χ4v) is 1.70. The van der Waals surface area contributed by atoms with E-state index in [9.17, 15) is 4.79 Å². The molecule has 2 heteroatoms. The fourth-order valence-electron chi connectivity index (χ4n) is 1.70. The third-order valence-electron chi connectivity index (χ3n) is 3.03. The van der Waals surface area contributed by atoms with Crippen LogP contribution in [0.5, 0.6) is 0 Å². The van der Waals surface area contributed by atoms with Crippen LogP contribution in [0.1, 0.15) is 40.5 Å². The van der Waals surface area contributed by atoms with E-state index in [-0.39, 0.29) is 11.3 Å². The standard InChI is InChI=1S/C12H15NO.C2H6/c1-3-12(2)6-4-9-8-11(14)13-10(9)5-7-12;1-2/h4-7H,3,8H2,1-2H3,(H,13,14);1-2H3. The topological polar surface area (TPSA) is 29.1 Å². The van der Waals surface area contributed by atoms with Gasteiger partial charge in [-0.15, -0.1) is 0 Å². The molecule has 88 valence electrons. The molecule has 0 aromatic heterocycles. The molecule has 0 aromatic rings. The first-order valence-electron chi connectivity index (χ1n) is 6.04. The Labute approximate surface area is 98.1 Å². The Hall–Kier alpha value is -1.31. The van der Waals surface area contributed by atoms with Gasteiger partial charge in [0, 0.05) is 11.1 Å². The largest absolute Gasteiger partial charge is 0.326 e. The van der Waals surface area contributed by atoms with Crippen LogP contribution in [0.4, 0.5) is 0 Å². The maximum Gasteiger partial charge on any atom is 0.228 e. The van der Waals surface area contributed by atoms with Gasteiger partial charge < -0.3 is 5.32 Å². The lowest BCUT2D eigenvalue weighted by Crippen LogP contribution is -2.14. The molecule has 2 aliphatic rings. The van der Waals surface area contributed by atoms with Gasteiger partial charge in [-0.2, -0.15) is 0 Å². The first-order chi connectivity index (χ1) is 7.63. The molecule has 1 N–H and O–H groups in total. The number of hydrogen-bond donors (Lipinski definition) is 1. The molecule has 0 spiro atoms. The Kier molecular flexibility index (Phi) is 4.11. The van der Waals surface area contributed by atoms with Gasteiger partial charge in [-0.05, 0) is 18.1 Å². The summed E-state index contributed by atoms with van der Waals surface area (Å²) in [5.41, 5.74) is 2.22. The van der Waals surface area contributed by atoms with E-state index in [2.05, 4.69) is 37.4 Å². The van der Waals surface area contributed by atoms with E-state index in [1.807, 2.05) is 19.9 Å². The van der Waals surface area contributed by atoms with Crippen molar-refractivity contribution in [1.29, 1.82) is 0 Å². The van der Waals surface area contributed by atoms with Crippen LogP contribution < -0.4 is 5.32 Å². The van der Waals surface area contributed by atoms with Gasteiger partial charge in [0.15, 0.2) is 0 Å². The maximum atomic E-state index is 11.1. The van der Waals surface area contributed by atoms with Crippen molar-refractivity contribution in [2.24, 2.45) is 5.41 Å². The lowest BCUT2D eigenvalue weighted by Gasteiger charge is -2.18. The number of hydrogen-bond acceptors (Lipinski definition) is 1. The van der Waals surface area contributed by atoms with Crippen molar-refractivity contribution >= 4 is 5.91 Å². The summed E-state index contributed by atoms with van der Waals surface area (Å²) in [5, 5.41) is 2.86. The molecule has 0 radical (unpaired) electrons. The van der Waals surface area contributed by atoms with Crippen molar-refractivity contribution in [2.45, 2.75) is 40.5 Å². The zero-order chi connectivity index (χ0) is 12.2. The Balaban J connectivity index is 0.000000606. The predicted molar refractivity (Wildman–Crippen MR) is 67.8 cm³/mol. The molecule has 0 saturated heterocycles. The van der Waals surface area contributed by atoms with Gasteiger partial charge in [-0.1, -0.05) is 45.9 Å². The normalized spacial score (nSPS) is 26.9. The Bertz CT molecular complexity index is 333. The van der Waals surface area contributed by atoms with E-state index in [1.165, 1.54) is 0 Å². The predicted octanol–water partition coefficient (Wildman–Crippen LogP) is 3.33. The van der Waals surface area contributed by atoms with Crippen LogP contribution in [-0.4, -0.2) is 5.91 Å². The van der Waals surface area contributed by atoms with E-state index in [0.717, 1.165) is 17.7 Å². The van der Waals surface area contributed by atoms with E-state index in [1.54, 1.807) is 0 Å². The Morgan fingerprint density at radius 1 is 1.31 bits per heavy atom. The van der Waals surface area contributed by atoms with Gasteiger partial charge in [0.05, 0.1) is 6.42 Å². The fraction of sp³-hybridized carbons (Fsp3) is 0.500. The highest BCUT2D eigenvalue weighted by atomic mass is 16.1. The van der Waals surface area contributed by atoms with Gasteiger partial charge in [0.2, 0.25) is 5.91 Å². The SMILES string of the molecule is CC.CCC1(C)C=CC2=C(C=C1)NC(=O)C2. The van der Waals surface area contributed by atoms with Crippen LogP contribution in [0.15, 0.2) is 35.6 Å². The van der Waals surface area contributed by atoms with E-state index in [4.69, 9.17) is 0 Å². The summed E-state index contributed by atoms with van der Waals surface area (Å²) < 4.78 is 0. The van der Waals surface area contributed by atoms with Crippen molar-refractivity contribution in [3.8, 4) is 0 Å². The molecule has 1 amide bonds. The minimum atomic E-state index is 0.101. The second-order valence-corrected chi connectivity index (χ2v) is 4.19. The number of amides is 1. The molecule has 2 nitrogen and oxygen atoms in total. The van der Waals surface area contributed by atoms with Crippen LogP contribution in [0, 0.1) is 5.41 Å². The summed E-state index contributed by atoms with van der Waals surface area (Å²) in [4.78, 5) is 11.1. The monoisotopic (exact) mass is 219 g/mol. The number of carbonyl (C=O) groups is 1. The summed E-state index contributed by atoms with van der Waals surface area (Å²) in [6.45, 7) is 8.37. The average molecular weight is 219 g/mol. The van der Waals surface area contributed by atoms with Gasteiger partial charge in [-0.3, -0.25) is 4.79 Å². The third-order valence-corrected chi connectivity index (χ3v) is 3.03. The minimum Gasteiger partial charge on any atom is -0.326 e. The van der Waals surface area contributed by atoms with Crippen molar-refractivity contribution in [2.75, 3.05) is 0 Å². The van der Waals surface area contributed by atoms with Gasteiger partial charge in [-0.25, -0.2) is 0 Å². The average Bonchev–Trinajstić information content (AvgIpc) is 2.60. The molecule has 1 unspecified atom stereocenters. The number of allylic oxidation sites excluding steroid dienone is 4. The summed E-state index contributed by atoms with van der Waals surface area (Å²) in [6, 6.07) is 0. The molecule has 0 saturated carbocycles. The highest BCUT2D eigenvalue weighted by molar-refractivity contribution is 5.86. The quantitative estimate of drug-likeness (QED) is 0.720. The molecule has 1 heterocycles. The lowest BCUT2D eigenvalue weighted by atomic mass is 9.87. The Morgan fingerprint density at radius 3 is 2.56 bits per heavy atom. The molecule has 0 fully saturated rings. The van der Waals surface area contributed by atoms with Gasteiger partial charge >= 0.3 is 0 Å². The molecule has 1 atom stereocenters. The first kappa shape index (κ1) is 12.8. The van der Waals surface area contributed by atoms with E-state index >= 15 is 0 Å². The van der Waals surface area contributed by atoms with E-state index in [0.29, 0.717) is 6.42 Å². The van der Waals surface area contributed by atoms with Crippen LogP contribution in [0.25, 0.3) is 0 Å². The molecule has 1 aliphatic heterocycles. The summed E-state index contributed by atoms with van der Waals surface area (Å²) in [7, 11) is 0. The van der Waals surface area contributed by atoms with Crippen molar-refractivity contribution in [3.63, 3.8) is 0 Å². The first-order valence-corrected chi connectivity index (χ1v) is 6.04. The number of rotatable bonds is 1. The molecule has 0 aromatic carbocycles. The smallest absolute Gasteiger partial charge is 0.228 e. The molecule has 16 heavy (non-hydrogen) atoms. The van der Waals surface area contributed by atoms with Crippen LogP contribution in [0.3, 0.4) is 0 Å². The summed E-state index contributed by atoms with van der Waals surface area (Å²) >= 11 is 0. The van der Waals surface area contributed by atoms with E-state index < -0.39 is 0 Å². The lowest BCUT2D eigenvalue weighted by molar-refractivity contribution is -0.118. The molecule has 1 aliphatic carbocycles. The summed E-state index contributed by atoms with van der Waals surface area (Å²) in [5.74, 6) is 0.101. The van der Waals surface area contributed by atoms with Crippen molar-refractivity contribution in [3.05, 3.63) is 35.6 Å². The summed E-state index contributed by atoms with van der Waals surface area (Å²) in [6.07, 6.45) is 10.1. The highest BCUT2D eigenvalue weighted by Gasteiger charge is 2.22. The Morgan fingerprint density at radius 2 is 1.94 bits per heavy atom. The highest BCUT2D eigenvalue weighted by Crippen LogP contribution is 2.31. The zero-order valence-corrected chi connectivity index (χ0v) is 10.6. The zero-order valence-electron chi connectivity index (χ0n) is 10.6. The van der Waals surface area contributed by atoms with Crippen LogP contribution in [0.2, 0.25) is 0 Å². The number of carbonyl (C=O) groups excluding carboxylic acids is 1. The molecular formula is C14H21NO. The second-order valence-electron chi connectivity index (χ2n) is 4.19. The van der Waals surface area contributed by atoms with Crippen molar-refractivity contribution < 1.29 is 4.79 Å². The number of nitrogens with one attached hydrogen (secondary N) is 1. The maximum absolute atomic E-state index is 11.1.